The predicted molar refractivity (Wildman–Crippen MR) is 102 cm³/mol. The molecule has 1 aliphatic rings. The number of anilines is 1. The highest BCUT2D eigenvalue weighted by molar-refractivity contribution is 5.76. The molecule has 1 heterocycles. The molecule has 24 heavy (non-hydrogen) atoms. The maximum absolute atomic E-state index is 12.1. The lowest BCUT2D eigenvalue weighted by Gasteiger charge is -2.35. The molecule has 1 saturated heterocycles. The number of carbonyl (C=O) groups excluding carboxylic acids is 1. The van der Waals surface area contributed by atoms with Gasteiger partial charge >= 0.3 is 0 Å². The second-order valence-corrected chi connectivity index (χ2v) is 7.01. The largest absolute Gasteiger partial charge is 0.378 e. The molecule has 1 unspecified atom stereocenters. The van der Waals surface area contributed by atoms with Gasteiger partial charge in [0.1, 0.15) is 0 Å². The molecule has 2 rings (SSSR count). The molecule has 0 radical (unpaired) electrons. The summed E-state index contributed by atoms with van der Waals surface area (Å²) < 4.78 is 0. The molecule has 1 aromatic carbocycles. The summed E-state index contributed by atoms with van der Waals surface area (Å²) in [6.45, 7) is 5.21. The summed E-state index contributed by atoms with van der Waals surface area (Å²) in [6.07, 6.45) is 6.55. The summed E-state index contributed by atoms with van der Waals surface area (Å²) in [5.74, 6) is 0.162. The molecule has 0 aromatic heterocycles. The smallest absolute Gasteiger partial charge is 0.220 e. The van der Waals surface area contributed by atoms with E-state index < -0.39 is 0 Å². The Morgan fingerprint density at radius 2 is 2.17 bits per heavy atom. The van der Waals surface area contributed by atoms with E-state index in [0.717, 1.165) is 19.5 Å². The standard InChI is InChI=1S/C20H33N3O/c1-4-18-9-5-6-14-23(18)15-13-21-20(24)12-11-17-8-7-10-19(16-17)22(2)3/h7-8,10,16,18H,4-6,9,11-15H2,1-3H3,(H,21,24). The van der Waals surface area contributed by atoms with Crippen LogP contribution in [0.15, 0.2) is 24.3 Å². The molecule has 1 aliphatic heterocycles. The Bertz CT molecular complexity index is 515. The van der Waals surface area contributed by atoms with Crippen molar-refractivity contribution in [3.63, 3.8) is 0 Å². The van der Waals surface area contributed by atoms with E-state index in [9.17, 15) is 4.79 Å². The number of aryl methyl sites for hydroxylation is 1. The summed E-state index contributed by atoms with van der Waals surface area (Å²) in [7, 11) is 4.08. The zero-order valence-corrected chi connectivity index (χ0v) is 15.6. The molecule has 1 fully saturated rings. The van der Waals surface area contributed by atoms with E-state index in [-0.39, 0.29) is 5.91 Å². The van der Waals surface area contributed by atoms with E-state index in [1.807, 2.05) is 14.1 Å². The van der Waals surface area contributed by atoms with Gasteiger partial charge in [0, 0.05) is 45.3 Å². The Labute approximate surface area is 147 Å². The Balaban J connectivity index is 1.69. The van der Waals surface area contributed by atoms with Crippen molar-refractivity contribution in [3.05, 3.63) is 29.8 Å². The normalized spacial score (nSPS) is 18.4. The lowest BCUT2D eigenvalue weighted by molar-refractivity contribution is -0.121. The highest BCUT2D eigenvalue weighted by atomic mass is 16.1. The van der Waals surface area contributed by atoms with E-state index in [2.05, 4.69) is 46.3 Å². The predicted octanol–water partition coefficient (Wildman–Crippen LogP) is 3.07. The number of hydrogen-bond acceptors (Lipinski definition) is 3. The fraction of sp³-hybridized carbons (Fsp3) is 0.650. The minimum absolute atomic E-state index is 0.162. The maximum atomic E-state index is 12.1. The third-order valence-electron chi connectivity index (χ3n) is 5.01. The van der Waals surface area contributed by atoms with E-state index in [1.54, 1.807) is 0 Å². The van der Waals surface area contributed by atoms with Crippen LogP contribution in [0.25, 0.3) is 0 Å². The zero-order valence-electron chi connectivity index (χ0n) is 15.6. The van der Waals surface area contributed by atoms with Crippen molar-refractivity contribution >= 4 is 11.6 Å². The number of amides is 1. The van der Waals surface area contributed by atoms with E-state index in [1.165, 1.54) is 43.5 Å². The SMILES string of the molecule is CCC1CCCCN1CCNC(=O)CCc1cccc(N(C)C)c1. The Morgan fingerprint density at radius 1 is 1.33 bits per heavy atom. The second-order valence-electron chi connectivity index (χ2n) is 7.01. The van der Waals surface area contributed by atoms with Crippen molar-refractivity contribution in [3.8, 4) is 0 Å². The number of carbonyl (C=O) groups is 1. The molecule has 0 saturated carbocycles. The first-order valence-electron chi connectivity index (χ1n) is 9.37. The summed E-state index contributed by atoms with van der Waals surface area (Å²) in [5, 5.41) is 3.09. The first-order valence-corrected chi connectivity index (χ1v) is 9.37. The highest BCUT2D eigenvalue weighted by Crippen LogP contribution is 2.18. The lowest BCUT2D eigenvalue weighted by Crippen LogP contribution is -2.43. The molecular formula is C20H33N3O. The summed E-state index contributed by atoms with van der Waals surface area (Å²) in [5.41, 5.74) is 2.40. The van der Waals surface area contributed by atoms with Crippen molar-refractivity contribution < 1.29 is 4.79 Å². The number of hydrogen-bond donors (Lipinski definition) is 1. The maximum Gasteiger partial charge on any atom is 0.220 e. The summed E-state index contributed by atoms with van der Waals surface area (Å²) in [4.78, 5) is 16.7. The molecule has 1 atom stereocenters. The third-order valence-corrected chi connectivity index (χ3v) is 5.01. The van der Waals surface area contributed by atoms with Gasteiger partial charge in [0.05, 0.1) is 0 Å². The average Bonchev–Trinajstić information content (AvgIpc) is 2.60. The van der Waals surface area contributed by atoms with Gasteiger partial charge in [-0.1, -0.05) is 25.5 Å². The molecule has 134 valence electrons. The van der Waals surface area contributed by atoms with Crippen LogP contribution in [0.3, 0.4) is 0 Å². The van der Waals surface area contributed by atoms with Crippen LogP contribution in [0.4, 0.5) is 5.69 Å². The zero-order chi connectivity index (χ0) is 17.4. The van der Waals surface area contributed by atoms with Gasteiger partial charge in [-0.25, -0.2) is 0 Å². The molecule has 0 bridgehead atoms. The number of piperidine rings is 1. The van der Waals surface area contributed by atoms with Gasteiger partial charge in [-0.2, -0.15) is 0 Å². The fourth-order valence-corrected chi connectivity index (χ4v) is 3.49. The van der Waals surface area contributed by atoms with Crippen molar-refractivity contribution in [2.75, 3.05) is 38.6 Å². The van der Waals surface area contributed by atoms with Gasteiger partial charge < -0.3 is 10.2 Å². The van der Waals surface area contributed by atoms with Crippen molar-refractivity contribution in [1.29, 1.82) is 0 Å². The highest BCUT2D eigenvalue weighted by Gasteiger charge is 2.20. The average molecular weight is 332 g/mol. The van der Waals surface area contributed by atoms with Crippen molar-refractivity contribution in [2.24, 2.45) is 0 Å². The fourth-order valence-electron chi connectivity index (χ4n) is 3.49. The van der Waals surface area contributed by atoms with Crippen LogP contribution in [0.5, 0.6) is 0 Å². The molecule has 0 spiro atoms. The second kappa shape index (κ2) is 9.67. The molecule has 0 aliphatic carbocycles. The minimum Gasteiger partial charge on any atom is -0.378 e. The van der Waals surface area contributed by atoms with Gasteiger partial charge in [-0.15, -0.1) is 0 Å². The Hall–Kier alpha value is -1.55. The molecule has 4 nitrogen and oxygen atoms in total. The quantitative estimate of drug-likeness (QED) is 0.795. The molecular weight excluding hydrogens is 298 g/mol. The summed E-state index contributed by atoms with van der Waals surface area (Å²) >= 11 is 0. The van der Waals surface area contributed by atoms with Crippen LogP contribution in [-0.2, 0) is 11.2 Å². The van der Waals surface area contributed by atoms with Gasteiger partial charge in [0.15, 0.2) is 0 Å². The molecule has 1 amide bonds. The van der Waals surface area contributed by atoms with Crippen LogP contribution in [0, 0.1) is 0 Å². The number of rotatable bonds is 8. The van der Waals surface area contributed by atoms with Crippen molar-refractivity contribution in [1.82, 2.24) is 10.2 Å². The Morgan fingerprint density at radius 3 is 2.92 bits per heavy atom. The molecule has 4 heteroatoms. The molecule has 1 aromatic rings. The Kier molecular flexibility index (Phi) is 7.57. The number of benzene rings is 1. The van der Waals surface area contributed by atoms with Crippen LogP contribution in [-0.4, -0.2) is 50.6 Å². The summed E-state index contributed by atoms with van der Waals surface area (Å²) in [6, 6.07) is 9.12. The van der Waals surface area contributed by atoms with Crippen LogP contribution in [0.2, 0.25) is 0 Å². The third kappa shape index (κ3) is 5.82. The van der Waals surface area contributed by atoms with Crippen molar-refractivity contribution in [2.45, 2.75) is 51.5 Å². The first kappa shape index (κ1) is 18.8. The van der Waals surface area contributed by atoms with Crippen LogP contribution in [0.1, 0.15) is 44.6 Å². The minimum atomic E-state index is 0.162. The van der Waals surface area contributed by atoms with Crippen LogP contribution >= 0.6 is 0 Å². The van der Waals surface area contributed by atoms with Crippen LogP contribution < -0.4 is 10.2 Å². The van der Waals surface area contributed by atoms with Gasteiger partial charge in [-0.3, -0.25) is 9.69 Å². The molecule has 1 N–H and O–H groups in total. The van der Waals surface area contributed by atoms with E-state index >= 15 is 0 Å². The number of nitrogens with one attached hydrogen (secondary N) is 1. The van der Waals surface area contributed by atoms with E-state index in [4.69, 9.17) is 0 Å². The van der Waals surface area contributed by atoms with Gasteiger partial charge in [0.2, 0.25) is 5.91 Å². The lowest BCUT2D eigenvalue weighted by atomic mass is 10.0. The van der Waals surface area contributed by atoms with Gasteiger partial charge in [0.25, 0.3) is 0 Å². The monoisotopic (exact) mass is 331 g/mol. The first-order chi connectivity index (χ1) is 11.6. The van der Waals surface area contributed by atoms with Gasteiger partial charge in [-0.05, 0) is 49.9 Å². The number of likely N-dealkylation sites (tertiary alicyclic amines) is 1. The van der Waals surface area contributed by atoms with E-state index in [0.29, 0.717) is 12.5 Å². The number of nitrogens with zero attached hydrogens (tertiary/aromatic N) is 2. The topological polar surface area (TPSA) is 35.6 Å².